The molecule has 0 saturated carbocycles. The third-order valence-corrected chi connectivity index (χ3v) is 5.94. The summed E-state index contributed by atoms with van der Waals surface area (Å²) >= 11 is 1.65. The van der Waals surface area contributed by atoms with Gasteiger partial charge in [0.05, 0.1) is 30.0 Å². The molecule has 0 bridgehead atoms. The Hall–Kier alpha value is -3.58. The lowest BCUT2D eigenvalue weighted by molar-refractivity contribution is 0.102. The number of fused-ring (bicyclic) bond motifs is 1. The molecule has 0 radical (unpaired) electrons. The van der Waals surface area contributed by atoms with Crippen LogP contribution in [0.1, 0.15) is 31.1 Å². The summed E-state index contributed by atoms with van der Waals surface area (Å²) in [4.78, 5) is 17.7. The quantitative estimate of drug-likeness (QED) is 0.311. The van der Waals surface area contributed by atoms with E-state index >= 15 is 0 Å². The maximum Gasteiger partial charge on any atom is 0.255 e. The molecule has 0 atom stereocenters. The number of nitrogens with zero attached hydrogens (tertiary/aromatic N) is 1. The third-order valence-electron chi connectivity index (χ3n) is 4.85. The number of para-hydroxylation sites is 1. The Morgan fingerprint density at radius 3 is 2.12 bits per heavy atom. The Labute approximate surface area is 197 Å². The van der Waals surface area contributed by atoms with Gasteiger partial charge in [0.15, 0.2) is 11.5 Å². The van der Waals surface area contributed by atoms with Crippen LogP contribution < -0.4 is 19.5 Å². The largest absolute Gasteiger partial charge is 0.490 e. The Morgan fingerprint density at radius 2 is 1.52 bits per heavy atom. The summed E-state index contributed by atoms with van der Waals surface area (Å²) in [6.07, 6.45) is 0. The van der Waals surface area contributed by atoms with Crippen molar-refractivity contribution in [1.29, 1.82) is 0 Å². The first-order valence-corrected chi connectivity index (χ1v) is 11.8. The summed E-state index contributed by atoms with van der Waals surface area (Å²) in [5.41, 5.74) is 3.11. The van der Waals surface area contributed by atoms with Gasteiger partial charge in [-0.25, -0.2) is 4.98 Å². The Balaban J connectivity index is 1.56. The van der Waals surface area contributed by atoms with Crippen LogP contribution in [0.2, 0.25) is 0 Å². The smallest absolute Gasteiger partial charge is 0.255 e. The van der Waals surface area contributed by atoms with E-state index in [9.17, 15) is 4.79 Å². The highest BCUT2D eigenvalue weighted by atomic mass is 32.1. The average molecular weight is 463 g/mol. The van der Waals surface area contributed by atoms with Gasteiger partial charge in [-0.3, -0.25) is 4.79 Å². The minimum absolute atomic E-state index is 0.257. The van der Waals surface area contributed by atoms with E-state index in [-0.39, 0.29) is 5.91 Å². The lowest BCUT2D eigenvalue weighted by atomic mass is 10.1. The first-order valence-electron chi connectivity index (χ1n) is 11.0. The zero-order valence-corrected chi connectivity index (χ0v) is 19.7. The standard InChI is InChI=1S/C26H26N2O4S/c1-4-30-21-15-18(16-22(31-5-2)24(21)32-6-3)25(29)27-19-13-11-17(12-14-19)26-28-20-9-7-8-10-23(20)33-26/h7-16H,4-6H2,1-3H3,(H,27,29). The van der Waals surface area contributed by atoms with Crippen LogP contribution in [-0.4, -0.2) is 30.7 Å². The van der Waals surface area contributed by atoms with Crippen LogP contribution in [0, 0.1) is 0 Å². The first-order chi connectivity index (χ1) is 16.1. The molecule has 4 aromatic rings. The van der Waals surface area contributed by atoms with Crippen LogP contribution in [0.3, 0.4) is 0 Å². The van der Waals surface area contributed by atoms with Crippen molar-refractivity contribution in [1.82, 2.24) is 4.98 Å². The van der Waals surface area contributed by atoms with Gasteiger partial charge in [-0.15, -0.1) is 11.3 Å². The molecule has 1 N–H and O–H groups in total. The van der Waals surface area contributed by atoms with Crippen LogP contribution in [0.15, 0.2) is 60.7 Å². The number of ether oxygens (including phenoxy) is 3. The molecule has 0 saturated heterocycles. The number of benzene rings is 3. The highest BCUT2D eigenvalue weighted by molar-refractivity contribution is 7.21. The number of thiazole rings is 1. The molecule has 6 nitrogen and oxygen atoms in total. The van der Waals surface area contributed by atoms with Crippen LogP contribution >= 0.6 is 11.3 Å². The first kappa shape index (κ1) is 22.6. The molecular formula is C26H26N2O4S. The van der Waals surface area contributed by atoms with Gasteiger partial charge in [0, 0.05) is 16.8 Å². The highest BCUT2D eigenvalue weighted by Gasteiger charge is 2.18. The van der Waals surface area contributed by atoms with E-state index in [1.807, 2.05) is 63.2 Å². The van der Waals surface area contributed by atoms with Crippen molar-refractivity contribution < 1.29 is 19.0 Å². The molecule has 1 heterocycles. The van der Waals surface area contributed by atoms with E-state index in [4.69, 9.17) is 19.2 Å². The summed E-state index contributed by atoms with van der Waals surface area (Å²) in [5, 5.41) is 3.89. The van der Waals surface area contributed by atoms with Crippen molar-refractivity contribution >= 4 is 33.1 Å². The maximum absolute atomic E-state index is 13.0. The molecule has 33 heavy (non-hydrogen) atoms. The maximum atomic E-state index is 13.0. The van der Waals surface area contributed by atoms with Crippen molar-refractivity contribution in [3.05, 3.63) is 66.2 Å². The van der Waals surface area contributed by atoms with Gasteiger partial charge in [0.2, 0.25) is 5.75 Å². The lowest BCUT2D eigenvalue weighted by Crippen LogP contribution is -2.13. The number of anilines is 1. The predicted molar refractivity (Wildman–Crippen MR) is 133 cm³/mol. The fourth-order valence-electron chi connectivity index (χ4n) is 3.41. The van der Waals surface area contributed by atoms with E-state index in [2.05, 4.69) is 11.4 Å². The summed E-state index contributed by atoms with van der Waals surface area (Å²) in [6, 6.07) is 19.1. The van der Waals surface area contributed by atoms with E-state index in [0.29, 0.717) is 48.3 Å². The fourth-order valence-corrected chi connectivity index (χ4v) is 4.39. The van der Waals surface area contributed by atoms with Crippen molar-refractivity contribution in [3.63, 3.8) is 0 Å². The number of rotatable bonds is 9. The number of nitrogens with one attached hydrogen (secondary N) is 1. The molecule has 3 aromatic carbocycles. The van der Waals surface area contributed by atoms with Crippen LogP contribution in [0.5, 0.6) is 17.2 Å². The van der Waals surface area contributed by atoms with Crippen molar-refractivity contribution in [2.75, 3.05) is 25.1 Å². The third kappa shape index (κ3) is 5.09. The van der Waals surface area contributed by atoms with Gasteiger partial charge in [-0.2, -0.15) is 0 Å². The highest BCUT2D eigenvalue weighted by Crippen LogP contribution is 2.39. The molecule has 0 spiro atoms. The van der Waals surface area contributed by atoms with Crippen molar-refractivity contribution in [2.45, 2.75) is 20.8 Å². The Morgan fingerprint density at radius 1 is 0.879 bits per heavy atom. The van der Waals surface area contributed by atoms with Gasteiger partial charge in [-0.05, 0) is 69.3 Å². The molecule has 0 unspecified atom stereocenters. The summed E-state index contributed by atoms with van der Waals surface area (Å²) in [7, 11) is 0. The number of hydrogen-bond acceptors (Lipinski definition) is 6. The molecular weight excluding hydrogens is 436 g/mol. The second-order valence-corrected chi connectivity index (χ2v) is 8.15. The molecule has 0 aliphatic heterocycles. The van der Waals surface area contributed by atoms with Crippen molar-refractivity contribution in [3.8, 4) is 27.8 Å². The van der Waals surface area contributed by atoms with Crippen molar-refractivity contribution in [2.24, 2.45) is 0 Å². The number of aromatic nitrogens is 1. The lowest BCUT2D eigenvalue weighted by Gasteiger charge is -2.17. The molecule has 1 aromatic heterocycles. The van der Waals surface area contributed by atoms with Gasteiger partial charge < -0.3 is 19.5 Å². The molecule has 4 rings (SSSR count). The average Bonchev–Trinajstić information content (AvgIpc) is 3.26. The molecule has 0 aliphatic carbocycles. The molecule has 0 fully saturated rings. The monoisotopic (exact) mass is 462 g/mol. The predicted octanol–water partition coefficient (Wildman–Crippen LogP) is 6.41. The summed E-state index contributed by atoms with van der Waals surface area (Å²) in [5.74, 6) is 1.23. The number of carbonyl (C=O) groups excluding carboxylic acids is 1. The van der Waals surface area contributed by atoms with Gasteiger partial charge in [0.1, 0.15) is 5.01 Å². The van der Waals surface area contributed by atoms with Gasteiger partial charge in [-0.1, -0.05) is 12.1 Å². The summed E-state index contributed by atoms with van der Waals surface area (Å²) < 4.78 is 18.3. The second kappa shape index (κ2) is 10.4. The van der Waals surface area contributed by atoms with Gasteiger partial charge >= 0.3 is 0 Å². The molecule has 170 valence electrons. The van der Waals surface area contributed by atoms with Crippen LogP contribution in [0.4, 0.5) is 5.69 Å². The fraction of sp³-hybridized carbons (Fsp3) is 0.231. The number of amides is 1. The second-order valence-electron chi connectivity index (χ2n) is 7.12. The molecule has 0 aliphatic rings. The number of carbonyl (C=O) groups is 1. The molecule has 1 amide bonds. The zero-order chi connectivity index (χ0) is 23.2. The Kier molecular flexibility index (Phi) is 7.10. The summed E-state index contributed by atoms with van der Waals surface area (Å²) in [6.45, 7) is 7.02. The van der Waals surface area contributed by atoms with Crippen LogP contribution in [0.25, 0.3) is 20.8 Å². The molecule has 7 heteroatoms. The normalized spacial score (nSPS) is 10.8. The Bertz CT molecular complexity index is 1190. The number of hydrogen-bond donors (Lipinski definition) is 1. The SMILES string of the molecule is CCOc1cc(C(=O)Nc2ccc(-c3nc4ccccc4s3)cc2)cc(OCC)c1OCC. The van der Waals surface area contributed by atoms with E-state index in [0.717, 1.165) is 20.8 Å². The van der Waals surface area contributed by atoms with E-state index in [1.165, 1.54) is 0 Å². The topological polar surface area (TPSA) is 69.7 Å². The zero-order valence-electron chi connectivity index (χ0n) is 18.9. The minimum atomic E-state index is -0.257. The minimum Gasteiger partial charge on any atom is -0.490 e. The van der Waals surface area contributed by atoms with Crippen LogP contribution in [-0.2, 0) is 0 Å². The van der Waals surface area contributed by atoms with Gasteiger partial charge in [0.25, 0.3) is 5.91 Å². The van der Waals surface area contributed by atoms with E-state index < -0.39 is 0 Å². The van der Waals surface area contributed by atoms with E-state index in [1.54, 1.807) is 23.5 Å².